The Balaban J connectivity index is 0.000000382. The summed E-state index contributed by atoms with van der Waals surface area (Å²) in [5, 5.41) is 8.31. The normalized spacial score (nSPS) is 9.57. The number of aromatic carboxylic acids is 1. The van der Waals surface area contributed by atoms with E-state index in [2.05, 4.69) is 17.9 Å². The van der Waals surface area contributed by atoms with Gasteiger partial charge >= 0.3 is 11.6 Å². The summed E-state index contributed by atoms with van der Waals surface area (Å²) in [4.78, 5) is 20.4. The molecule has 118 valence electrons. The van der Waals surface area contributed by atoms with E-state index in [9.17, 15) is 9.59 Å². The summed E-state index contributed by atoms with van der Waals surface area (Å²) in [5.41, 5.74) is -0.579. The van der Waals surface area contributed by atoms with Crippen molar-refractivity contribution in [3.63, 3.8) is 0 Å². The molecule has 5 nitrogen and oxygen atoms in total. The number of hydrogen-bond donors (Lipinski definition) is 1. The minimum Gasteiger partial charge on any atom is -0.478 e. The highest BCUT2D eigenvalue weighted by atomic mass is 16.5. The van der Waals surface area contributed by atoms with E-state index in [4.69, 9.17) is 9.84 Å². The van der Waals surface area contributed by atoms with Gasteiger partial charge in [0.2, 0.25) is 0 Å². The van der Waals surface area contributed by atoms with Crippen LogP contribution in [0.3, 0.4) is 0 Å². The van der Waals surface area contributed by atoms with E-state index < -0.39 is 11.6 Å². The Morgan fingerprint density at radius 3 is 2.57 bits per heavy atom. The highest BCUT2D eigenvalue weighted by Gasteiger charge is 2.00. The fourth-order valence-electron chi connectivity index (χ4n) is 1.45. The Morgan fingerprint density at radius 1 is 1.33 bits per heavy atom. The van der Waals surface area contributed by atoms with Crippen LogP contribution in [0.5, 0.6) is 0 Å². The van der Waals surface area contributed by atoms with Crippen molar-refractivity contribution in [2.45, 2.75) is 39.0 Å². The second-order valence-corrected chi connectivity index (χ2v) is 4.43. The monoisotopic (exact) mass is 296 g/mol. The van der Waals surface area contributed by atoms with Gasteiger partial charge in [-0.2, -0.15) is 0 Å². The van der Waals surface area contributed by atoms with Gasteiger partial charge in [-0.25, -0.2) is 9.59 Å². The van der Waals surface area contributed by atoms with Gasteiger partial charge in [0.15, 0.2) is 0 Å². The molecule has 0 aliphatic rings. The van der Waals surface area contributed by atoms with E-state index in [0.717, 1.165) is 18.9 Å². The number of carboxylic acid groups (broad SMARTS) is 1. The Labute approximate surface area is 125 Å². The molecule has 0 amide bonds. The van der Waals surface area contributed by atoms with Crippen LogP contribution >= 0.6 is 0 Å². The lowest BCUT2D eigenvalue weighted by atomic mass is 10.2. The highest BCUT2D eigenvalue weighted by Crippen LogP contribution is 2.01. The van der Waals surface area contributed by atoms with Gasteiger partial charge in [0, 0.05) is 12.7 Å². The van der Waals surface area contributed by atoms with Crippen LogP contribution in [0.25, 0.3) is 0 Å². The Morgan fingerprint density at radius 2 is 2.05 bits per heavy atom. The van der Waals surface area contributed by atoms with Gasteiger partial charge in [-0.15, -0.1) is 6.58 Å². The maximum absolute atomic E-state index is 10.3. The molecule has 1 aromatic heterocycles. The molecule has 0 aliphatic carbocycles. The molecule has 1 N–H and O–H groups in total. The molecule has 1 rings (SSSR count). The van der Waals surface area contributed by atoms with Crippen molar-refractivity contribution in [2.75, 3.05) is 13.2 Å². The van der Waals surface area contributed by atoms with Crippen molar-refractivity contribution >= 4 is 5.97 Å². The fourth-order valence-corrected chi connectivity index (χ4v) is 1.45. The molecule has 0 spiro atoms. The first kappa shape index (κ1) is 19.1. The van der Waals surface area contributed by atoms with Crippen molar-refractivity contribution in [2.24, 2.45) is 0 Å². The Bertz CT molecular complexity index is 430. The van der Waals surface area contributed by atoms with Crippen LogP contribution in [0.1, 0.15) is 49.4 Å². The van der Waals surface area contributed by atoms with E-state index in [1.807, 2.05) is 0 Å². The van der Waals surface area contributed by atoms with E-state index >= 15 is 0 Å². The van der Waals surface area contributed by atoms with Crippen molar-refractivity contribution in [3.8, 4) is 0 Å². The van der Waals surface area contributed by atoms with Gasteiger partial charge < -0.3 is 14.3 Å². The second-order valence-electron chi connectivity index (χ2n) is 4.43. The Kier molecular flexibility index (Phi) is 11.9. The summed E-state index contributed by atoms with van der Waals surface area (Å²) in [5.74, 6) is -1.11. The molecule has 0 fully saturated rings. The van der Waals surface area contributed by atoms with Crippen LogP contribution in [-0.4, -0.2) is 24.3 Å². The second kappa shape index (κ2) is 13.1. The van der Waals surface area contributed by atoms with Crippen LogP contribution in [-0.2, 0) is 4.74 Å². The molecule has 0 aromatic carbocycles. The molecule has 0 saturated carbocycles. The molecule has 0 saturated heterocycles. The van der Waals surface area contributed by atoms with Gasteiger partial charge in [-0.05, 0) is 12.5 Å². The van der Waals surface area contributed by atoms with Gasteiger partial charge in [0.05, 0.1) is 12.2 Å². The average molecular weight is 296 g/mol. The third-order valence-corrected chi connectivity index (χ3v) is 2.58. The quantitative estimate of drug-likeness (QED) is 0.557. The van der Waals surface area contributed by atoms with Crippen LogP contribution in [0.2, 0.25) is 0 Å². The summed E-state index contributed by atoms with van der Waals surface area (Å²) in [6.07, 6.45) is 9.25. The third-order valence-electron chi connectivity index (χ3n) is 2.58. The summed E-state index contributed by atoms with van der Waals surface area (Å²) in [6.45, 7) is 7.41. The van der Waals surface area contributed by atoms with Gasteiger partial charge in [0.1, 0.15) is 6.26 Å². The number of rotatable bonds is 9. The topological polar surface area (TPSA) is 76.7 Å². The molecule has 0 atom stereocenters. The molecule has 0 aliphatic heterocycles. The van der Waals surface area contributed by atoms with Crippen molar-refractivity contribution < 1.29 is 19.1 Å². The van der Waals surface area contributed by atoms with E-state index in [0.29, 0.717) is 6.61 Å². The molecular formula is C16H24O5. The predicted molar refractivity (Wildman–Crippen MR) is 81.7 cm³/mol. The minimum atomic E-state index is -1.11. The van der Waals surface area contributed by atoms with Crippen LogP contribution in [0, 0.1) is 0 Å². The lowest BCUT2D eigenvalue weighted by Gasteiger charge is -2.00. The number of hydrogen-bond acceptors (Lipinski definition) is 4. The van der Waals surface area contributed by atoms with Crippen molar-refractivity contribution in [1.82, 2.24) is 0 Å². The summed E-state index contributed by atoms with van der Waals surface area (Å²) >= 11 is 0. The number of unbranched alkanes of at least 4 members (excludes halogenated alkanes) is 4. The van der Waals surface area contributed by atoms with Gasteiger partial charge in [-0.1, -0.05) is 38.7 Å². The van der Waals surface area contributed by atoms with Crippen molar-refractivity contribution in [1.29, 1.82) is 0 Å². The molecular weight excluding hydrogens is 272 g/mol. The SMILES string of the molecule is C=CCOCCCCCCC.O=C(O)c1ccc(=O)oc1. The zero-order chi connectivity index (χ0) is 15.9. The first-order valence-corrected chi connectivity index (χ1v) is 7.12. The fraction of sp³-hybridized carbons (Fsp3) is 0.500. The zero-order valence-corrected chi connectivity index (χ0v) is 12.5. The molecule has 1 heterocycles. The van der Waals surface area contributed by atoms with Crippen LogP contribution in [0.4, 0.5) is 0 Å². The van der Waals surface area contributed by atoms with E-state index in [1.54, 1.807) is 6.08 Å². The first-order valence-electron chi connectivity index (χ1n) is 7.12. The number of carbonyl (C=O) groups is 1. The third kappa shape index (κ3) is 11.6. The van der Waals surface area contributed by atoms with Crippen molar-refractivity contribution in [3.05, 3.63) is 47.0 Å². The summed E-state index contributed by atoms with van der Waals surface area (Å²) in [6, 6.07) is 2.25. The molecule has 5 heteroatoms. The van der Waals surface area contributed by atoms with Gasteiger partial charge in [0.25, 0.3) is 0 Å². The van der Waals surface area contributed by atoms with E-state index in [1.165, 1.54) is 38.2 Å². The van der Waals surface area contributed by atoms with Gasteiger partial charge in [-0.3, -0.25) is 0 Å². The number of carboxylic acids is 1. The van der Waals surface area contributed by atoms with Crippen LogP contribution < -0.4 is 5.63 Å². The predicted octanol–water partition coefficient (Wildman–Crippen LogP) is 3.50. The van der Waals surface area contributed by atoms with E-state index in [-0.39, 0.29) is 5.56 Å². The molecule has 1 aromatic rings. The minimum absolute atomic E-state index is 0.0281. The lowest BCUT2D eigenvalue weighted by Crippen LogP contribution is -2.00. The summed E-state index contributed by atoms with van der Waals surface area (Å²) in [7, 11) is 0. The van der Waals surface area contributed by atoms with Crippen LogP contribution in [0.15, 0.2) is 40.3 Å². The highest BCUT2D eigenvalue weighted by molar-refractivity contribution is 5.86. The first-order chi connectivity index (χ1) is 10.1. The molecule has 21 heavy (non-hydrogen) atoms. The summed E-state index contributed by atoms with van der Waals surface area (Å²) < 4.78 is 9.53. The molecule has 0 bridgehead atoms. The maximum Gasteiger partial charge on any atom is 0.338 e. The zero-order valence-electron chi connectivity index (χ0n) is 12.5. The number of ether oxygens (including phenoxy) is 1. The molecule has 0 unspecified atom stereocenters. The smallest absolute Gasteiger partial charge is 0.338 e. The average Bonchev–Trinajstić information content (AvgIpc) is 2.47. The largest absolute Gasteiger partial charge is 0.478 e. The standard InChI is InChI=1S/C10H20O.C6H4O4/c1-3-5-6-7-8-10-11-9-4-2;7-5-2-1-4(3-10-5)6(8)9/h4H,2-3,5-10H2,1H3;1-3H,(H,8,9). The lowest BCUT2D eigenvalue weighted by molar-refractivity contribution is 0.0694. The Hall–Kier alpha value is -1.88. The molecule has 0 radical (unpaired) electrons. The maximum atomic E-state index is 10.3.